The molecule has 0 saturated heterocycles. The molecule has 1 amide bonds. The van der Waals surface area contributed by atoms with Crippen molar-refractivity contribution < 1.29 is 33.4 Å². The summed E-state index contributed by atoms with van der Waals surface area (Å²) in [5.74, 6) is 1.43. The number of carbonyl (C=O) groups is 3. The minimum atomic E-state index is -1.24. The lowest BCUT2D eigenvalue weighted by atomic mass is 10.00. The first-order chi connectivity index (χ1) is 15.9. The number of carbonyl (C=O) groups excluding carboxylic acids is 3. The summed E-state index contributed by atoms with van der Waals surface area (Å²) in [6.45, 7) is 2.41. The fourth-order valence-corrected chi connectivity index (χ4v) is 3.07. The molecule has 0 radical (unpaired) electrons. The van der Waals surface area contributed by atoms with Gasteiger partial charge >= 0.3 is 11.9 Å². The summed E-state index contributed by atoms with van der Waals surface area (Å²) in [6.07, 6.45) is 2.04. The maximum absolute atomic E-state index is 12.8. The van der Waals surface area contributed by atoms with E-state index in [1.54, 1.807) is 35.8 Å². The van der Waals surface area contributed by atoms with E-state index in [-0.39, 0.29) is 5.76 Å². The number of phenols is 1. The van der Waals surface area contributed by atoms with Crippen LogP contribution in [0.2, 0.25) is 0 Å². The molecule has 1 aromatic heterocycles. The number of hydrogen-bond donors (Lipinski definition) is 3. The number of nitriles is 1. The van der Waals surface area contributed by atoms with Gasteiger partial charge in [-0.05, 0) is 30.7 Å². The minimum Gasteiger partial charge on any atom is -0.507 e. The molecule has 0 aliphatic heterocycles. The molecule has 168 valence electrons. The number of esters is 2. The second-order valence-corrected chi connectivity index (χ2v) is 6.65. The molecule has 0 bridgehead atoms. The van der Waals surface area contributed by atoms with Crippen molar-refractivity contribution in [1.29, 1.82) is 5.26 Å². The number of amides is 1. The SMILES string of the molecule is CCCOc1ccccc1-c1ccoc1C(=O)OC(=O)c1ccc(O)c(C#N)c1C(=O)NN. The van der Waals surface area contributed by atoms with Gasteiger partial charge in [-0.25, -0.2) is 15.4 Å². The number of nitrogens with one attached hydrogen (secondary N) is 1. The van der Waals surface area contributed by atoms with Gasteiger partial charge in [0.05, 0.1) is 24.0 Å². The number of benzene rings is 2. The first kappa shape index (κ1) is 23.1. The van der Waals surface area contributed by atoms with Gasteiger partial charge in [-0.2, -0.15) is 5.26 Å². The molecule has 0 unspecified atom stereocenters. The van der Waals surface area contributed by atoms with Crippen LogP contribution in [0.4, 0.5) is 0 Å². The summed E-state index contributed by atoms with van der Waals surface area (Å²) in [4.78, 5) is 37.6. The van der Waals surface area contributed by atoms with Crippen molar-refractivity contribution in [2.75, 3.05) is 6.61 Å². The predicted octanol–water partition coefficient (Wildman–Crippen LogP) is 2.91. The van der Waals surface area contributed by atoms with Crippen LogP contribution in [0.15, 0.2) is 53.1 Å². The maximum atomic E-state index is 12.8. The zero-order valence-electron chi connectivity index (χ0n) is 17.5. The summed E-state index contributed by atoms with van der Waals surface area (Å²) in [5, 5.41) is 19.1. The van der Waals surface area contributed by atoms with Crippen molar-refractivity contribution in [2.24, 2.45) is 5.84 Å². The van der Waals surface area contributed by atoms with Crippen molar-refractivity contribution in [2.45, 2.75) is 13.3 Å². The Morgan fingerprint density at radius 2 is 1.88 bits per heavy atom. The van der Waals surface area contributed by atoms with Crippen LogP contribution >= 0.6 is 0 Å². The number of aromatic hydroxyl groups is 1. The van der Waals surface area contributed by atoms with E-state index in [0.29, 0.717) is 23.5 Å². The number of nitrogens with zero attached hydrogens (tertiary/aromatic N) is 1. The summed E-state index contributed by atoms with van der Waals surface area (Å²) in [7, 11) is 0. The maximum Gasteiger partial charge on any atom is 0.382 e. The molecule has 3 rings (SSSR count). The number of rotatable bonds is 7. The number of ether oxygens (including phenoxy) is 2. The average Bonchev–Trinajstić information content (AvgIpc) is 3.32. The van der Waals surface area contributed by atoms with Crippen LogP contribution in [-0.4, -0.2) is 29.6 Å². The van der Waals surface area contributed by atoms with Crippen molar-refractivity contribution >= 4 is 17.8 Å². The van der Waals surface area contributed by atoms with E-state index >= 15 is 0 Å². The Morgan fingerprint density at radius 1 is 1.12 bits per heavy atom. The molecule has 1 heterocycles. The normalized spacial score (nSPS) is 10.2. The van der Waals surface area contributed by atoms with Gasteiger partial charge in [0.25, 0.3) is 5.91 Å². The Balaban J connectivity index is 1.95. The summed E-state index contributed by atoms with van der Waals surface area (Å²) >= 11 is 0. The summed E-state index contributed by atoms with van der Waals surface area (Å²) in [5.41, 5.74) is 1.20. The molecule has 4 N–H and O–H groups in total. The van der Waals surface area contributed by atoms with Crippen LogP contribution in [-0.2, 0) is 4.74 Å². The highest BCUT2D eigenvalue weighted by Crippen LogP contribution is 2.34. The van der Waals surface area contributed by atoms with Crippen molar-refractivity contribution in [3.05, 3.63) is 71.2 Å². The standard InChI is InChI=1S/C23H19N3O7/c1-2-10-31-18-6-4-3-5-13(18)14-9-11-32-20(14)23(30)33-22(29)15-7-8-17(27)16(12-24)19(15)21(28)26-25/h3-9,11,27H,2,10,25H2,1H3,(H,26,28). The Labute approximate surface area is 188 Å². The number of hydrogen-bond acceptors (Lipinski definition) is 9. The Hall–Kier alpha value is -4.62. The number of nitrogen functional groups attached to an aromatic ring is 1. The third-order valence-electron chi connectivity index (χ3n) is 4.55. The molecule has 2 aromatic carbocycles. The highest BCUT2D eigenvalue weighted by molar-refractivity contribution is 6.11. The molecule has 33 heavy (non-hydrogen) atoms. The van der Waals surface area contributed by atoms with E-state index in [1.165, 1.54) is 12.3 Å². The van der Waals surface area contributed by atoms with E-state index < -0.39 is 40.3 Å². The Bertz CT molecular complexity index is 1260. The van der Waals surface area contributed by atoms with Gasteiger partial charge in [0, 0.05) is 11.1 Å². The van der Waals surface area contributed by atoms with Gasteiger partial charge in [-0.15, -0.1) is 0 Å². The average molecular weight is 449 g/mol. The van der Waals surface area contributed by atoms with Gasteiger partial charge in [0.1, 0.15) is 23.1 Å². The third kappa shape index (κ3) is 4.68. The molecule has 0 fully saturated rings. The Morgan fingerprint density at radius 3 is 2.58 bits per heavy atom. The monoisotopic (exact) mass is 449 g/mol. The van der Waals surface area contributed by atoms with Crippen LogP contribution in [0.3, 0.4) is 0 Å². The highest BCUT2D eigenvalue weighted by atomic mass is 16.6. The Kier molecular flexibility index (Phi) is 7.07. The first-order valence-electron chi connectivity index (χ1n) is 9.76. The molecule has 0 saturated carbocycles. The van der Waals surface area contributed by atoms with E-state index in [4.69, 9.17) is 19.7 Å². The molecular weight excluding hydrogens is 430 g/mol. The zero-order chi connectivity index (χ0) is 24.0. The van der Waals surface area contributed by atoms with Crippen LogP contribution < -0.4 is 16.0 Å². The topological polar surface area (TPSA) is 165 Å². The molecule has 10 nitrogen and oxygen atoms in total. The lowest BCUT2D eigenvalue weighted by Gasteiger charge is -2.11. The highest BCUT2D eigenvalue weighted by Gasteiger charge is 2.28. The third-order valence-corrected chi connectivity index (χ3v) is 4.55. The summed E-state index contributed by atoms with van der Waals surface area (Å²) in [6, 6.07) is 12.2. The fraction of sp³-hybridized carbons (Fsp3) is 0.130. The first-order valence-corrected chi connectivity index (χ1v) is 9.76. The van der Waals surface area contributed by atoms with Gasteiger partial charge < -0.3 is 19.0 Å². The van der Waals surface area contributed by atoms with E-state index in [1.807, 2.05) is 6.92 Å². The van der Waals surface area contributed by atoms with Gasteiger partial charge in [-0.1, -0.05) is 25.1 Å². The van der Waals surface area contributed by atoms with Crippen LogP contribution in [0, 0.1) is 11.3 Å². The van der Waals surface area contributed by atoms with E-state index in [0.717, 1.165) is 18.6 Å². The van der Waals surface area contributed by atoms with Gasteiger partial charge in [0.2, 0.25) is 5.76 Å². The summed E-state index contributed by atoms with van der Waals surface area (Å²) < 4.78 is 15.9. The van der Waals surface area contributed by atoms with Crippen LogP contribution in [0.5, 0.6) is 11.5 Å². The molecule has 10 heteroatoms. The zero-order valence-corrected chi connectivity index (χ0v) is 17.5. The lowest BCUT2D eigenvalue weighted by Crippen LogP contribution is -2.32. The number of nitrogens with two attached hydrogens (primary N) is 1. The second kappa shape index (κ2) is 10.1. The molecule has 0 atom stereocenters. The molecular formula is C23H19N3O7. The van der Waals surface area contributed by atoms with Crippen molar-refractivity contribution in [3.8, 4) is 28.7 Å². The number of phenolic OH excluding ortho intramolecular Hbond substituents is 1. The molecule has 0 aliphatic rings. The van der Waals surface area contributed by atoms with Gasteiger partial charge in [-0.3, -0.25) is 10.2 Å². The smallest absolute Gasteiger partial charge is 0.382 e. The predicted molar refractivity (Wildman–Crippen MR) is 114 cm³/mol. The van der Waals surface area contributed by atoms with E-state index in [2.05, 4.69) is 0 Å². The number of para-hydroxylation sites is 1. The fourth-order valence-electron chi connectivity index (χ4n) is 3.07. The van der Waals surface area contributed by atoms with Crippen molar-refractivity contribution in [3.63, 3.8) is 0 Å². The quantitative estimate of drug-likeness (QED) is 0.162. The van der Waals surface area contributed by atoms with E-state index in [9.17, 15) is 24.8 Å². The molecule has 3 aromatic rings. The van der Waals surface area contributed by atoms with Gasteiger partial charge in [0.15, 0.2) is 0 Å². The number of hydrazine groups is 1. The lowest BCUT2D eigenvalue weighted by molar-refractivity contribution is 0.0374. The largest absolute Gasteiger partial charge is 0.507 e. The second-order valence-electron chi connectivity index (χ2n) is 6.65. The number of furan rings is 1. The molecule has 0 aliphatic carbocycles. The minimum absolute atomic E-state index is 0.264. The van der Waals surface area contributed by atoms with Crippen molar-refractivity contribution in [1.82, 2.24) is 5.43 Å². The van der Waals surface area contributed by atoms with Crippen LogP contribution in [0.25, 0.3) is 11.1 Å². The molecule has 0 spiro atoms. The van der Waals surface area contributed by atoms with Crippen LogP contribution in [0.1, 0.15) is 50.2 Å².